The maximum absolute atomic E-state index is 5.89. The van der Waals surface area contributed by atoms with Gasteiger partial charge < -0.3 is 10.5 Å². The quantitative estimate of drug-likeness (QED) is 0.804. The number of hydrogen-bond donors (Lipinski definition) is 1. The van der Waals surface area contributed by atoms with Crippen molar-refractivity contribution in [3.05, 3.63) is 22.8 Å². The van der Waals surface area contributed by atoms with E-state index >= 15 is 0 Å². The summed E-state index contributed by atoms with van der Waals surface area (Å²) in [5.41, 5.74) is 7.81. The van der Waals surface area contributed by atoms with Crippen molar-refractivity contribution in [2.24, 2.45) is 0 Å². The normalized spacial score (nSPS) is 14.8. The summed E-state index contributed by atoms with van der Waals surface area (Å²) in [5.74, 6) is 1.13. The van der Waals surface area contributed by atoms with E-state index < -0.39 is 0 Å². The van der Waals surface area contributed by atoms with Gasteiger partial charge in [-0.1, -0.05) is 0 Å². The molecule has 16 heavy (non-hydrogen) atoms. The van der Waals surface area contributed by atoms with E-state index in [1.54, 1.807) is 6.20 Å². The molecular formula is C10H10N4OS. The van der Waals surface area contributed by atoms with Crippen LogP contribution in [0.4, 0.5) is 5.82 Å². The second kappa shape index (κ2) is 3.80. The zero-order valence-electron chi connectivity index (χ0n) is 8.51. The molecule has 2 N–H and O–H groups in total. The number of ether oxygens (including phenoxy) is 1. The summed E-state index contributed by atoms with van der Waals surface area (Å²) in [5, 5.41) is 2.71. The van der Waals surface area contributed by atoms with E-state index in [2.05, 4.69) is 15.0 Å². The second-order valence-corrected chi connectivity index (χ2v) is 4.39. The lowest BCUT2D eigenvalue weighted by Crippen LogP contribution is -2.16. The lowest BCUT2D eigenvalue weighted by Gasteiger charge is -2.17. The summed E-state index contributed by atoms with van der Waals surface area (Å²) < 4.78 is 5.33. The van der Waals surface area contributed by atoms with Crippen molar-refractivity contribution in [1.82, 2.24) is 15.0 Å². The molecule has 3 rings (SSSR count). The number of thiazole rings is 1. The molecule has 82 valence electrons. The predicted molar refractivity (Wildman–Crippen MR) is 60.9 cm³/mol. The molecule has 2 aromatic rings. The Kier molecular flexibility index (Phi) is 2.30. The Balaban J connectivity index is 2.12. The van der Waals surface area contributed by atoms with Crippen LogP contribution in [-0.4, -0.2) is 21.6 Å². The van der Waals surface area contributed by atoms with Crippen LogP contribution < -0.4 is 5.73 Å². The van der Waals surface area contributed by atoms with Crippen molar-refractivity contribution in [3.63, 3.8) is 0 Å². The molecule has 0 saturated heterocycles. The minimum absolute atomic E-state index is 0.509. The molecule has 3 heterocycles. The smallest absolute Gasteiger partial charge is 0.190 e. The van der Waals surface area contributed by atoms with Crippen LogP contribution in [0.2, 0.25) is 0 Å². The standard InChI is InChI=1S/C10H10N4OS/c11-8-6-5-15-3-1-7(6)13-9(14-8)10-12-2-4-16-10/h2,4H,1,3,5H2,(H2,11,13,14). The first-order chi connectivity index (χ1) is 7.84. The summed E-state index contributed by atoms with van der Waals surface area (Å²) in [6.45, 7) is 1.21. The Morgan fingerprint density at radius 1 is 1.38 bits per heavy atom. The Bertz CT molecular complexity index is 512. The van der Waals surface area contributed by atoms with Crippen molar-refractivity contribution >= 4 is 17.2 Å². The predicted octanol–water partition coefficient (Wildman–Crippen LogP) is 1.25. The first-order valence-electron chi connectivity index (χ1n) is 4.97. The van der Waals surface area contributed by atoms with Gasteiger partial charge >= 0.3 is 0 Å². The molecule has 0 spiro atoms. The Hall–Kier alpha value is -1.53. The third-order valence-corrected chi connectivity index (χ3v) is 3.25. The topological polar surface area (TPSA) is 73.9 Å². The SMILES string of the molecule is Nc1nc(-c2nccs2)nc2c1COCC2. The number of aromatic nitrogens is 3. The summed E-state index contributed by atoms with van der Waals surface area (Å²) in [6, 6.07) is 0. The summed E-state index contributed by atoms with van der Waals surface area (Å²) in [7, 11) is 0. The zero-order chi connectivity index (χ0) is 11.0. The van der Waals surface area contributed by atoms with Gasteiger partial charge in [-0.15, -0.1) is 11.3 Å². The molecule has 0 aliphatic carbocycles. The molecule has 0 bridgehead atoms. The van der Waals surface area contributed by atoms with E-state index in [0.717, 1.165) is 22.7 Å². The molecule has 0 radical (unpaired) electrons. The summed E-state index contributed by atoms with van der Waals surface area (Å²) in [4.78, 5) is 12.9. The number of rotatable bonds is 1. The van der Waals surface area contributed by atoms with E-state index in [4.69, 9.17) is 10.5 Å². The van der Waals surface area contributed by atoms with E-state index in [-0.39, 0.29) is 0 Å². The minimum Gasteiger partial charge on any atom is -0.383 e. The van der Waals surface area contributed by atoms with Crippen molar-refractivity contribution in [1.29, 1.82) is 0 Å². The lowest BCUT2D eigenvalue weighted by atomic mass is 10.1. The van der Waals surface area contributed by atoms with Gasteiger partial charge in [0.05, 0.1) is 18.9 Å². The van der Waals surface area contributed by atoms with E-state index in [0.29, 0.717) is 24.9 Å². The van der Waals surface area contributed by atoms with Crippen molar-refractivity contribution in [3.8, 4) is 10.8 Å². The van der Waals surface area contributed by atoms with Gasteiger partial charge in [-0.2, -0.15) is 0 Å². The number of anilines is 1. The number of fused-ring (bicyclic) bond motifs is 1. The lowest BCUT2D eigenvalue weighted by molar-refractivity contribution is 0.109. The van der Waals surface area contributed by atoms with Crippen LogP contribution in [0.3, 0.4) is 0 Å². The first kappa shape index (κ1) is 9.68. The minimum atomic E-state index is 0.509. The van der Waals surface area contributed by atoms with Crippen LogP contribution in [0.5, 0.6) is 0 Å². The molecule has 1 aliphatic rings. The van der Waals surface area contributed by atoms with Crippen LogP contribution in [0.25, 0.3) is 10.8 Å². The zero-order valence-corrected chi connectivity index (χ0v) is 9.33. The Morgan fingerprint density at radius 2 is 2.31 bits per heavy atom. The number of nitrogen functional groups attached to an aromatic ring is 1. The second-order valence-electron chi connectivity index (χ2n) is 3.50. The molecule has 5 nitrogen and oxygen atoms in total. The van der Waals surface area contributed by atoms with Gasteiger partial charge in [0.2, 0.25) is 0 Å². The van der Waals surface area contributed by atoms with Gasteiger partial charge in [-0.05, 0) is 0 Å². The maximum atomic E-state index is 5.89. The van der Waals surface area contributed by atoms with Crippen LogP contribution >= 0.6 is 11.3 Å². The average molecular weight is 234 g/mol. The van der Waals surface area contributed by atoms with Gasteiger partial charge in [0.25, 0.3) is 0 Å². The largest absolute Gasteiger partial charge is 0.383 e. The third kappa shape index (κ3) is 1.56. The molecule has 1 aliphatic heterocycles. The fraction of sp³-hybridized carbons (Fsp3) is 0.300. The molecular weight excluding hydrogens is 224 g/mol. The number of nitrogens with zero attached hydrogens (tertiary/aromatic N) is 3. The first-order valence-corrected chi connectivity index (χ1v) is 5.85. The van der Waals surface area contributed by atoms with Gasteiger partial charge in [-0.3, -0.25) is 0 Å². The fourth-order valence-corrected chi connectivity index (χ4v) is 2.26. The fourth-order valence-electron chi connectivity index (χ4n) is 1.69. The highest BCUT2D eigenvalue weighted by molar-refractivity contribution is 7.13. The van der Waals surface area contributed by atoms with Crippen LogP contribution in [0, 0.1) is 0 Å². The highest BCUT2D eigenvalue weighted by Crippen LogP contribution is 2.25. The van der Waals surface area contributed by atoms with Gasteiger partial charge in [0.15, 0.2) is 10.8 Å². The van der Waals surface area contributed by atoms with Gasteiger partial charge in [-0.25, -0.2) is 15.0 Å². The van der Waals surface area contributed by atoms with Crippen LogP contribution in [0.15, 0.2) is 11.6 Å². The molecule has 0 fully saturated rings. The Labute approximate surface area is 96.3 Å². The monoisotopic (exact) mass is 234 g/mol. The average Bonchev–Trinajstić information content (AvgIpc) is 2.82. The van der Waals surface area contributed by atoms with E-state index in [1.165, 1.54) is 11.3 Å². The molecule has 0 unspecified atom stereocenters. The molecule has 2 aromatic heterocycles. The van der Waals surface area contributed by atoms with Crippen molar-refractivity contribution < 1.29 is 4.74 Å². The highest BCUT2D eigenvalue weighted by Gasteiger charge is 2.17. The summed E-state index contributed by atoms with van der Waals surface area (Å²) in [6.07, 6.45) is 2.53. The molecule has 0 aromatic carbocycles. The van der Waals surface area contributed by atoms with Crippen molar-refractivity contribution in [2.75, 3.05) is 12.3 Å². The molecule has 0 saturated carbocycles. The maximum Gasteiger partial charge on any atom is 0.190 e. The van der Waals surface area contributed by atoms with E-state index in [1.807, 2.05) is 5.38 Å². The van der Waals surface area contributed by atoms with Crippen LogP contribution in [-0.2, 0) is 17.8 Å². The van der Waals surface area contributed by atoms with Gasteiger partial charge in [0, 0.05) is 23.6 Å². The Morgan fingerprint density at radius 3 is 3.12 bits per heavy atom. The number of nitrogens with two attached hydrogens (primary N) is 1. The van der Waals surface area contributed by atoms with Gasteiger partial charge in [0.1, 0.15) is 5.82 Å². The molecule has 0 amide bonds. The third-order valence-electron chi connectivity index (χ3n) is 2.48. The van der Waals surface area contributed by atoms with Crippen molar-refractivity contribution in [2.45, 2.75) is 13.0 Å². The molecule has 0 atom stereocenters. The number of hydrogen-bond acceptors (Lipinski definition) is 6. The summed E-state index contributed by atoms with van der Waals surface area (Å²) >= 11 is 1.51. The highest BCUT2D eigenvalue weighted by atomic mass is 32.1. The van der Waals surface area contributed by atoms with Crippen LogP contribution in [0.1, 0.15) is 11.3 Å². The van der Waals surface area contributed by atoms with E-state index in [9.17, 15) is 0 Å². The molecule has 6 heteroatoms.